The third-order valence-corrected chi connectivity index (χ3v) is 4.74. The molecule has 2 rings (SSSR count). The van der Waals surface area contributed by atoms with E-state index in [2.05, 4.69) is 17.1 Å². The van der Waals surface area contributed by atoms with Gasteiger partial charge in [-0.3, -0.25) is 14.5 Å². The molecule has 6 heteroatoms. The van der Waals surface area contributed by atoms with Crippen LogP contribution in [0.4, 0.5) is 5.69 Å². The van der Waals surface area contributed by atoms with Crippen LogP contribution in [0.3, 0.4) is 0 Å². The van der Waals surface area contributed by atoms with E-state index in [-0.39, 0.29) is 17.6 Å². The zero-order chi connectivity index (χ0) is 15.9. The molecule has 120 valence electrons. The Morgan fingerprint density at radius 1 is 1.41 bits per heavy atom. The van der Waals surface area contributed by atoms with E-state index in [1.807, 2.05) is 24.3 Å². The van der Waals surface area contributed by atoms with Crippen LogP contribution in [0.5, 0.6) is 0 Å². The molecule has 0 bridgehead atoms. The predicted octanol–water partition coefficient (Wildman–Crippen LogP) is 1.93. The average molecular weight is 321 g/mol. The van der Waals surface area contributed by atoms with Crippen molar-refractivity contribution in [3.05, 3.63) is 24.3 Å². The van der Waals surface area contributed by atoms with Crippen LogP contribution in [0, 0.1) is 5.92 Å². The molecule has 1 heterocycles. The number of rotatable bonds is 6. The van der Waals surface area contributed by atoms with Gasteiger partial charge in [-0.2, -0.15) is 0 Å². The first-order valence-electron chi connectivity index (χ1n) is 7.57. The molecule has 0 spiro atoms. The van der Waals surface area contributed by atoms with Crippen molar-refractivity contribution >= 4 is 29.3 Å². The Morgan fingerprint density at radius 2 is 2.18 bits per heavy atom. The molecule has 0 saturated carbocycles. The number of nitrogens with zero attached hydrogens (tertiary/aromatic N) is 1. The molecule has 22 heavy (non-hydrogen) atoms. The number of benzene rings is 1. The first-order valence-corrected chi connectivity index (χ1v) is 8.55. The van der Waals surface area contributed by atoms with Gasteiger partial charge in [0.15, 0.2) is 0 Å². The molecule has 2 amide bonds. The monoisotopic (exact) mass is 321 g/mol. The zero-order valence-electron chi connectivity index (χ0n) is 12.9. The van der Waals surface area contributed by atoms with E-state index < -0.39 is 0 Å². The summed E-state index contributed by atoms with van der Waals surface area (Å²) in [6, 6.07) is 7.48. The molecular formula is C16H23N3O2S. The largest absolute Gasteiger partial charge is 0.369 e. The summed E-state index contributed by atoms with van der Waals surface area (Å²) in [5, 5.41) is 2.94. The minimum absolute atomic E-state index is 0.0128. The molecule has 1 aromatic carbocycles. The van der Waals surface area contributed by atoms with Crippen molar-refractivity contribution in [2.45, 2.75) is 24.7 Å². The van der Waals surface area contributed by atoms with Crippen molar-refractivity contribution in [3.8, 4) is 0 Å². The minimum atomic E-state index is -0.367. The summed E-state index contributed by atoms with van der Waals surface area (Å²) in [6.45, 7) is 4.60. The van der Waals surface area contributed by atoms with Crippen LogP contribution >= 0.6 is 11.8 Å². The molecule has 3 N–H and O–H groups in total. The number of likely N-dealkylation sites (tertiary alicyclic amines) is 1. The molecular weight excluding hydrogens is 298 g/mol. The Morgan fingerprint density at radius 3 is 2.91 bits per heavy atom. The van der Waals surface area contributed by atoms with E-state index in [9.17, 15) is 9.59 Å². The molecule has 0 unspecified atom stereocenters. The second-order valence-electron chi connectivity index (χ2n) is 5.78. The van der Waals surface area contributed by atoms with Gasteiger partial charge in [0.05, 0.1) is 18.0 Å². The molecule has 1 saturated heterocycles. The molecule has 1 aliphatic heterocycles. The van der Waals surface area contributed by atoms with Gasteiger partial charge in [0.25, 0.3) is 0 Å². The number of hydrogen-bond donors (Lipinski definition) is 2. The smallest absolute Gasteiger partial charge is 0.238 e. The molecule has 0 radical (unpaired) electrons. The van der Waals surface area contributed by atoms with Gasteiger partial charge >= 0.3 is 0 Å². The molecule has 1 fully saturated rings. The molecule has 1 aromatic rings. The Labute approximate surface area is 135 Å². The zero-order valence-corrected chi connectivity index (χ0v) is 13.7. The SMILES string of the molecule is C[C@@H]1CCCN(CC(=O)Nc2ccccc2SCC(N)=O)C1. The first-order chi connectivity index (χ1) is 10.5. The fraction of sp³-hybridized carbons (Fsp3) is 0.500. The number of amides is 2. The number of carbonyl (C=O) groups is 2. The highest BCUT2D eigenvalue weighted by atomic mass is 32.2. The van der Waals surface area contributed by atoms with Gasteiger partial charge < -0.3 is 11.1 Å². The lowest BCUT2D eigenvalue weighted by atomic mass is 10.0. The fourth-order valence-corrected chi connectivity index (χ4v) is 3.41. The van der Waals surface area contributed by atoms with E-state index in [0.29, 0.717) is 12.5 Å². The van der Waals surface area contributed by atoms with Gasteiger partial charge in [-0.15, -0.1) is 11.8 Å². The quantitative estimate of drug-likeness (QED) is 0.785. The van der Waals surface area contributed by atoms with E-state index in [1.165, 1.54) is 18.2 Å². The average Bonchev–Trinajstić information content (AvgIpc) is 2.46. The van der Waals surface area contributed by atoms with Crippen LogP contribution in [-0.4, -0.2) is 42.1 Å². The Hall–Kier alpha value is -1.53. The van der Waals surface area contributed by atoms with Crippen molar-refractivity contribution in [1.82, 2.24) is 4.90 Å². The van der Waals surface area contributed by atoms with E-state index in [0.717, 1.165) is 30.1 Å². The number of hydrogen-bond acceptors (Lipinski definition) is 4. The van der Waals surface area contributed by atoms with Crippen LogP contribution in [0.15, 0.2) is 29.2 Å². The highest BCUT2D eigenvalue weighted by Crippen LogP contribution is 2.26. The fourth-order valence-electron chi connectivity index (χ4n) is 2.67. The van der Waals surface area contributed by atoms with E-state index in [4.69, 9.17) is 5.73 Å². The molecule has 1 atom stereocenters. The van der Waals surface area contributed by atoms with Crippen molar-refractivity contribution in [2.24, 2.45) is 11.7 Å². The van der Waals surface area contributed by atoms with Crippen molar-refractivity contribution < 1.29 is 9.59 Å². The lowest BCUT2D eigenvalue weighted by Gasteiger charge is -2.30. The van der Waals surface area contributed by atoms with E-state index in [1.54, 1.807) is 0 Å². The second-order valence-corrected chi connectivity index (χ2v) is 6.80. The van der Waals surface area contributed by atoms with Crippen LogP contribution in [0.1, 0.15) is 19.8 Å². The normalized spacial score (nSPS) is 18.9. The highest BCUT2D eigenvalue weighted by Gasteiger charge is 2.19. The van der Waals surface area contributed by atoms with Gasteiger partial charge in [-0.25, -0.2) is 0 Å². The van der Waals surface area contributed by atoms with Crippen LogP contribution < -0.4 is 11.1 Å². The minimum Gasteiger partial charge on any atom is -0.369 e. The van der Waals surface area contributed by atoms with Gasteiger partial charge in [0, 0.05) is 11.4 Å². The molecule has 5 nitrogen and oxygen atoms in total. The number of nitrogens with one attached hydrogen (secondary N) is 1. The summed E-state index contributed by atoms with van der Waals surface area (Å²) >= 11 is 1.34. The molecule has 0 aliphatic carbocycles. The number of nitrogens with two attached hydrogens (primary N) is 1. The maximum Gasteiger partial charge on any atom is 0.238 e. The van der Waals surface area contributed by atoms with Crippen LogP contribution in [0.25, 0.3) is 0 Å². The topological polar surface area (TPSA) is 75.4 Å². The Kier molecular flexibility index (Phi) is 6.27. The standard InChI is InChI=1S/C16H23N3O2S/c1-12-5-4-8-19(9-12)10-16(21)18-13-6-2-3-7-14(13)22-11-15(17)20/h2-3,6-7,12H,4-5,8-11H2,1H3,(H2,17,20)(H,18,21)/t12-/m1/s1. The third-order valence-electron chi connectivity index (χ3n) is 3.64. The number of primary amides is 1. The molecule has 1 aliphatic rings. The second kappa shape index (κ2) is 8.19. The summed E-state index contributed by atoms with van der Waals surface area (Å²) in [7, 11) is 0. The lowest BCUT2D eigenvalue weighted by molar-refractivity contribution is -0.118. The summed E-state index contributed by atoms with van der Waals surface area (Å²) in [5.41, 5.74) is 5.91. The van der Waals surface area contributed by atoms with Crippen molar-refractivity contribution in [2.75, 3.05) is 30.7 Å². The predicted molar refractivity (Wildman–Crippen MR) is 89.8 cm³/mol. The van der Waals surface area contributed by atoms with Crippen molar-refractivity contribution in [3.63, 3.8) is 0 Å². The number of carbonyl (C=O) groups excluding carboxylic acids is 2. The summed E-state index contributed by atoms with van der Waals surface area (Å²) in [5.74, 6) is 0.478. The van der Waals surface area contributed by atoms with Crippen LogP contribution in [-0.2, 0) is 9.59 Å². The van der Waals surface area contributed by atoms with Gasteiger partial charge in [-0.1, -0.05) is 19.1 Å². The number of para-hydroxylation sites is 1. The highest BCUT2D eigenvalue weighted by molar-refractivity contribution is 8.00. The van der Waals surface area contributed by atoms with Gasteiger partial charge in [-0.05, 0) is 37.4 Å². The first kappa shape index (κ1) is 16.8. The number of anilines is 1. The Balaban J connectivity index is 1.91. The maximum absolute atomic E-state index is 12.2. The Bertz CT molecular complexity index is 536. The van der Waals surface area contributed by atoms with Gasteiger partial charge in [0.2, 0.25) is 11.8 Å². The number of thioether (sulfide) groups is 1. The van der Waals surface area contributed by atoms with E-state index >= 15 is 0 Å². The maximum atomic E-state index is 12.2. The summed E-state index contributed by atoms with van der Waals surface area (Å²) in [6.07, 6.45) is 2.39. The van der Waals surface area contributed by atoms with Crippen molar-refractivity contribution in [1.29, 1.82) is 0 Å². The summed E-state index contributed by atoms with van der Waals surface area (Å²) in [4.78, 5) is 26.2. The van der Waals surface area contributed by atoms with Gasteiger partial charge in [0.1, 0.15) is 0 Å². The summed E-state index contributed by atoms with van der Waals surface area (Å²) < 4.78 is 0. The number of piperidine rings is 1. The lowest BCUT2D eigenvalue weighted by Crippen LogP contribution is -2.39. The molecule has 0 aromatic heterocycles. The third kappa shape index (κ3) is 5.35. The van der Waals surface area contributed by atoms with Crippen LogP contribution in [0.2, 0.25) is 0 Å².